The lowest BCUT2D eigenvalue weighted by molar-refractivity contribution is -0.121. The summed E-state index contributed by atoms with van der Waals surface area (Å²) in [4.78, 5) is 26.3. The van der Waals surface area contributed by atoms with Gasteiger partial charge in [-0.1, -0.05) is 52.1 Å². The van der Waals surface area contributed by atoms with Gasteiger partial charge in [-0.15, -0.1) is 11.8 Å². The molecular formula is C19H26BNO2S. The highest BCUT2D eigenvalue weighted by Gasteiger charge is 2.40. The van der Waals surface area contributed by atoms with E-state index in [9.17, 15) is 9.59 Å². The Morgan fingerprint density at radius 3 is 2.33 bits per heavy atom. The first kappa shape index (κ1) is 19.1. The van der Waals surface area contributed by atoms with Gasteiger partial charge in [0, 0.05) is 11.7 Å². The molecule has 1 aromatic carbocycles. The summed E-state index contributed by atoms with van der Waals surface area (Å²) in [5.41, 5.74) is 1.76. The van der Waals surface area contributed by atoms with Gasteiger partial charge in [0.25, 0.3) is 0 Å². The van der Waals surface area contributed by atoms with Crippen molar-refractivity contribution in [3.8, 4) is 0 Å². The average molecular weight is 343 g/mol. The fourth-order valence-electron chi connectivity index (χ4n) is 2.70. The Hall–Kier alpha value is -1.23. The quantitative estimate of drug-likeness (QED) is 0.570. The van der Waals surface area contributed by atoms with Gasteiger partial charge >= 0.3 is 0 Å². The van der Waals surface area contributed by atoms with Crippen LogP contribution in [0.15, 0.2) is 24.3 Å². The molecule has 1 aromatic rings. The Morgan fingerprint density at radius 1 is 1.25 bits per heavy atom. The predicted octanol–water partition coefficient (Wildman–Crippen LogP) is 4.32. The second-order valence-electron chi connectivity index (χ2n) is 7.25. The van der Waals surface area contributed by atoms with Crippen molar-refractivity contribution < 1.29 is 9.59 Å². The largest absolute Gasteiger partial charge is 0.274 e. The third-order valence-corrected chi connectivity index (χ3v) is 6.34. The lowest BCUT2D eigenvalue weighted by Crippen LogP contribution is -2.31. The Bertz CT molecular complexity index is 609. The summed E-state index contributed by atoms with van der Waals surface area (Å²) >= 11 is 1.60. The number of imide groups is 1. The molecule has 0 N–H and O–H groups in total. The van der Waals surface area contributed by atoms with Crippen LogP contribution in [0.2, 0.25) is 5.31 Å². The summed E-state index contributed by atoms with van der Waals surface area (Å²) in [6.45, 7) is 10.3. The van der Waals surface area contributed by atoms with Gasteiger partial charge in [-0.2, -0.15) is 0 Å². The molecule has 0 aromatic heterocycles. The summed E-state index contributed by atoms with van der Waals surface area (Å²) in [7, 11) is 6.17. The normalized spacial score (nSPS) is 21.2. The SMILES string of the molecule is [B]C(C)(C)C(C)c1ccc(N2C(=O)CC(SC(C)CC)C2=O)cc1. The molecule has 0 saturated carbocycles. The Kier molecular flexibility index (Phi) is 5.85. The van der Waals surface area contributed by atoms with Crippen molar-refractivity contribution in [1.82, 2.24) is 0 Å². The minimum absolute atomic E-state index is 0.0924. The minimum Gasteiger partial charge on any atom is -0.274 e. The first-order chi connectivity index (χ1) is 11.1. The molecule has 3 unspecified atom stereocenters. The van der Waals surface area contributed by atoms with Crippen LogP contribution in [0.3, 0.4) is 0 Å². The van der Waals surface area contributed by atoms with Gasteiger partial charge in [0.15, 0.2) is 0 Å². The summed E-state index contributed by atoms with van der Waals surface area (Å²) in [5.74, 6) is -0.0174. The highest BCUT2D eigenvalue weighted by Crippen LogP contribution is 2.39. The van der Waals surface area contributed by atoms with Crippen LogP contribution in [0, 0.1) is 0 Å². The third kappa shape index (κ3) is 4.05. The van der Waals surface area contributed by atoms with Crippen molar-refractivity contribution in [1.29, 1.82) is 0 Å². The molecule has 1 aliphatic heterocycles. The van der Waals surface area contributed by atoms with Crippen molar-refractivity contribution in [2.75, 3.05) is 4.90 Å². The first-order valence-electron chi connectivity index (χ1n) is 8.56. The van der Waals surface area contributed by atoms with E-state index in [1.54, 1.807) is 11.8 Å². The van der Waals surface area contributed by atoms with Crippen molar-refractivity contribution in [2.45, 2.75) is 69.2 Å². The van der Waals surface area contributed by atoms with E-state index in [1.165, 1.54) is 4.90 Å². The highest BCUT2D eigenvalue weighted by molar-refractivity contribution is 8.01. The van der Waals surface area contributed by atoms with Gasteiger partial charge in [-0.25, -0.2) is 4.90 Å². The molecule has 2 rings (SSSR count). The van der Waals surface area contributed by atoms with Crippen LogP contribution in [0.4, 0.5) is 5.69 Å². The van der Waals surface area contributed by atoms with Crippen molar-refractivity contribution in [3.05, 3.63) is 29.8 Å². The monoisotopic (exact) mass is 343 g/mol. The Labute approximate surface area is 151 Å². The summed E-state index contributed by atoms with van der Waals surface area (Å²) in [6, 6.07) is 7.63. The zero-order chi connectivity index (χ0) is 18.1. The van der Waals surface area contributed by atoms with Gasteiger partial charge in [0.2, 0.25) is 11.8 Å². The molecule has 3 nitrogen and oxygen atoms in total. The van der Waals surface area contributed by atoms with E-state index in [1.807, 2.05) is 38.1 Å². The molecule has 5 heteroatoms. The van der Waals surface area contributed by atoms with Crippen LogP contribution in [0.25, 0.3) is 0 Å². The maximum atomic E-state index is 12.6. The predicted molar refractivity (Wildman–Crippen MR) is 103 cm³/mol. The van der Waals surface area contributed by atoms with Gasteiger partial charge < -0.3 is 0 Å². The van der Waals surface area contributed by atoms with Crippen LogP contribution >= 0.6 is 11.8 Å². The summed E-state index contributed by atoms with van der Waals surface area (Å²) in [6.07, 6.45) is 1.28. The molecular weight excluding hydrogens is 317 g/mol. The smallest absolute Gasteiger partial charge is 0.247 e. The number of thioether (sulfide) groups is 1. The van der Waals surface area contributed by atoms with E-state index in [0.29, 0.717) is 17.4 Å². The first-order valence-corrected chi connectivity index (χ1v) is 9.50. The number of amides is 2. The van der Waals surface area contributed by atoms with Gasteiger partial charge in [0.05, 0.1) is 18.8 Å². The van der Waals surface area contributed by atoms with Crippen LogP contribution in [-0.4, -0.2) is 30.2 Å². The van der Waals surface area contributed by atoms with E-state index >= 15 is 0 Å². The van der Waals surface area contributed by atoms with E-state index in [0.717, 1.165) is 12.0 Å². The topological polar surface area (TPSA) is 37.4 Å². The lowest BCUT2D eigenvalue weighted by atomic mass is 9.62. The summed E-state index contributed by atoms with van der Waals surface area (Å²) in [5, 5.41) is -0.200. The highest BCUT2D eigenvalue weighted by atomic mass is 32.2. The van der Waals surface area contributed by atoms with Crippen molar-refractivity contribution in [3.63, 3.8) is 0 Å². The van der Waals surface area contributed by atoms with Gasteiger partial charge in [-0.05, 0) is 30.0 Å². The molecule has 3 atom stereocenters. The standard InChI is InChI=1S/C19H26BNO2S/c1-6-12(2)24-16-11-17(22)21(18(16)23)15-9-7-14(8-10-15)13(3)19(4,5)20/h7-10,12-13,16H,6,11H2,1-5H3. The number of nitrogens with zero attached hydrogens (tertiary/aromatic N) is 1. The molecule has 0 spiro atoms. The second-order valence-corrected chi connectivity index (χ2v) is 8.90. The second kappa shape index (κ2) is 7.34. The fourth-order valence-corrected chi connectivity index (χ4v) is 3.91. The average Bonchev–Trinajstić information content (AvgIpc) is 2.80. The lowest BCUT2D eigenvalue weighted by Gasteiger charge is -2.28. The van der Waals surface area contributed by atoms with E-state index in [4.69, 9.17) is 7.85 Å². The number of benzene rings is 1. The van der Waals surface area contributed by atoms with Crippen LogP contribution < -0.4 is 4.90 Å². The molecule has 1 fully saturated rings. The summed E-state index contributed by atoms with van der Waals surface area (Å²) < 4.78 is 0. The van der Waals surface area contributed by atoms with E-state index in [-0.39, 0.29) is 28.3 Å². The molecule has 128 valence electrons. The van der Waals surface area contributed by atoms with E-state index < -0.39 is 0 Å². The minimum atomic E-state index is -0.321. The maximum absolute atomic E-state index is 12.6. The Morgan fingerprint density at radius 2 is 1.83 bits per heavy atom. The third-order valence-electron chi connectivity index (χ3n) is 4.84. The number of carbonyl (C=O) groups excluding carboxylic acids is 2. The molecule has 2 amide bonds. The van der Waals surface area contributed by atoms with Gasteiger partial charge in [0.1, 0.15) is 0 Å². The van der Waals surface area contributed by atoms with Crippen molar-refractivity contribution >= 4 is 37.1 Å². The molecule has 0 bridgehead atoms. The van der Waals surface area contributed by atoms with E-state index in [2.05, 4.69) is 20.8 Å². The van der Waals surface area contributed by atoms with Crippen LogP contribution in [-0.2, 0) is 9.59 Å². The molecule has 1 aliphatic rings. The number of anilines is 1. The molecule has 1 saturated heterocycles. The number of hydrogen-bond donors (Lipinski definition) is 0. The Balaban J connectivity index is 2.17. The number of rotatable bonds is 6. The molecule has 2 radical (unpaired) electrons. The fraction of sp³-hybridized carbons (Fsp3) is 0.579. The van der Waals surface area contributed by atoms with Crippen LogP contribution in [0.1, 0.15) is 58.9 Å². The molecule has 0 aliphatic carbocycles. The van der Waals surface area contributed by atoms with Crippen molar-refractivity contribution in [2.24, 2.45) is 0 Å². The van der Waals surface area contributed by atoms with Crippen LogP contribution in [0.5, 0.6) is 0 Å². The zero-order valence-corrected chi connectivity index (χ0v) is 16.0. The zero-order valence-electron chi connectivity index (χ0n) is 15.2. The molecule has 1 heterocycles. The number of hydrogen-bond acceptors (Lipinski definition) is 3. The molecule has 24 heavy (non-hydrogen) atoms. The number of carbonyl (C=O) groups is 2. The van der Waals surface area contributed by atoms with Gasteiger partial charge in [-0.3, -0.25) is 9.59 Å². The maximum Gasteiger partial charge on any atom is 0.247 e.